The van der Waals surface area contributed by atoms with Crippen LogP contribution in [0.1, 0.15) is 0 Å². The molecule has 1 aromatic rings. The molecule has 1 aliphatic heterocycles. The van der Waals surface area contributed by atoms with Crippen molar-refractivity contribution in [2.45, 2.75) is 0 Å². The lowest BCUT2D eigenvalue weighted by Crippen LogP contribution is -2.36. The van der Waals surface area contributed by atoms with E-state index in [4.69, 9.17) is 24.5 Å². The SMILES string of the molecule is O=C(O)C(=O)O.c1cncc(N2CCOCC2)c1. The fraction of sp³-hybridized carbons (Fsp3) is 0.364. The Bertz CT molecular complexity index is 378. The van der Waals surface area contributed by atoms with Crippen LogP contribution < -0.4 is 4.90 Å². The lowest BCUT2D eigenvalue weighted by atomic mass is 10.3. The van der Waals surface area contributed by atoms with Crippen molar-refractivity contribution >= 4 is 17.6 Å². The summed E-state index contributed by atoms with van der Waals surface area (Å²) in [5.41, 5.74) is 1.20. The van der Waals surface area contributed by atoms with Gasteiger partial charge >= 0.3 is 11.9 Å². The van der Waals surface area contributed by atoms with E-state index >= 15 is 0 Å². The number of hydrogen-bond acceptors (Lipinski definition) is 5. The number of aromatic nitrogens is 1. The number of morpholine rings is 1. The highest BCUT2D eigenvalue weighted by Crippen LogP contribution is 2.12. The Kier molecular flexibility index (Phi) is 5.59. The summed E-state index contributed by atoms with van der Waals surface area (Å²) in [5.74, 6) is -3.65. The topological polar surface area (TPSA) is 100.0 Å². The number of carboxylic acid groups (broad SMARTS) is 2. The fourth-order valence-corrected chi connectivity index (χ4v) is 1.36. The van der Waals surface area contributed by atoms with E-state index in [9.17, 15) is 0 Å². The van der Waals surface area contributed by atoms with E-state index in [0.29, 0.717) is 0 Å². The summed E-state index contributed by atoms with van der Waals surface area (Å²) >= 11 is 0. The normalized spacial score (nSPS) is 14.3. The van der Waals surface area contributed by atoms with Gasteiger partial charge in [-0.15, -0.1) is 0 Å². The maximum Gasteiger partial charge on any atom is 0.414 e. The molecule has 1 aromatic heterocycles. The quantitative estimate of drug-likeness (QED) is 0.684. The van der Waals surface area contributed by atoms with Crippen molar-refractivity contribution in [2.24, 2.45) is 0 Å². The minimum atomic E-state index is -1.82. The summed E-state index contributed by atoms with van der Waals surface area (Å²) in [5, 5.41) is 14.8. The minimum absolute atomic E-state index is 0.828. The average Bonchev–Trinajstić information content (AvgIpc) is 2.41. The van der Waals surface area contributed by atoms with Gasteiger partial charge in [-0.2, -0.15) is 0 Å². The molecule has 0 atom stereocenters. The molecular weight excluding hydrogens is 240 g/mol. The first-order valence-electron chi connectivity index (χ1n) is 5.30. The Morgan fingerprint density at radius 1 is 1.22 bits per heavy atom. The molecule has 1 aliphatic rings. The molecule has 18 heavy (non-hydrogen) atoms. The maximum absolute atomic E-state index is 9.10. The first-order valence-corrected chi connectivity index (χ1v) is 5.30. The summed E-state index contributed by atoms with van der Waals surface area (Å²) in [6, 6.07) is 4.04. The molecule has 0 saturated carbocycles. The van der Waals surface area contributed by atoms with Crippen molar-refractivity contribution in [3.05, 3.63) is 24.5 Å². The van der Waals surface area contributed by atoms with Gasteiger partial charge in [0.15, 0.2) is 0 Å². The van der Waals surface area contributed by atoms with Gasteiger partial charge in [0, 0.05) is 19.3 Å². The van der Waals surface area contributed by atoms with Crippen molar-refractivity contribution in [3.63, 3.8) is 0 Å². The second kappa shape index (κ2) is 7.23. The molecule has 0 unspecified atom stereocenters. The summed E-state index contributed by atoms with van der Waals surface area (Å²) in [7, 11) is 0. The number of hydrogen-bond donors (Lipinski definition) is 2. The smallest absolute Gasteiger partial charge is 0.414 e. The maximum atomic E-state index is 9.10. The van der Waals surface area contributed by atoms with Crippen LogP contribution in [-0.4, -0.2) is 53.4 Å². The Morgan fingerprint density at radius 3 is 2.28 bits per heavy atom. The molecule has 0 spiro atoms. The van der Waals surface area contributed by atoms with Gasteiger partial charge in [0.2, 0.25) is 0 Å². The number of nitrogens with zero attached hydrogens (tertiary/aromatic N) is 2. The van der Waals surface area contributed by atoms with Crippen LogP contribution in [0.5, 0.6) is 0 Å². The first-order chi connectivity index (χ1) is 8.61. The van der Waals surface area contributed by atoms with Crippen LogP contribution in [0.2, 0.25) is 0 Å². The van der Waals surface area contributed by atoms with Gasteiger partial charge in [0.1, 0.15) is 0 Å². The average molecular weight is 254 g/mol. The van der Waals surface area contributed by atoms with Crippen LogP contribution in [0.3, 0.4) is 0 Å². The van der Waals surface area contributed by atoms with Gasteiger partial charge in [-0.1, -0.05) is 0 Å². The van der Waals surface area contributed by atoms with Crippen molar-refractivity contribution in [1.29, 1.82) is 0 Å². The molecule has 7 nitrogen and oxygen atoms in total. The lowest BCUT2D eigenvalue weighted by Gasteiger charge is -2.28. The van der Waals surface area contributed by atoms with Crippen molar-refractivity contribution < 1.29 is 24.5 Å². The van der Waals surface area contributed by atoms with E-state index in [-0.39, 0.29) is 0 Å². The lowest BCUT2D eigenvalue weighted by molar-refractivity contribution is -0.159. The van der Waals surface area contributed by atoms with Gasteiger partial charge in [-0.25, -0.2) is 9.59 Å². The largest absolute Gasteiger partial charge is 0.473 e. The third-order valence-electron chi connectivity index (χ3n) is 2.21. The summed E-state index contributed by atoms with van der Waals surface area (Å²) in [4.78, 5) is 24.6. The van der Waals surface area contributed by atoms with Crippen molar-refractivity contribution in [3.8, 4) is 0 Å². The number of anilines is 1. The monoisotopic (exact) mass is 254 g/mol. The second-order valence-electron chi connectivity index (χ2n) is 3.42. The van der Waals surface area contributed by atoms with Gasteiger partial charge in [-0.3, -0.25) is 4.98 Å². The Labute approximate surface area is 104 Å². The van der Waals surface area contributed by atoms with Crippen LogP contribution in [-0.2, 0) is 14.3 Å². The highest BCUT2D eigenvalue weighted by Gasteiger charge is 2.09. The van der Waals surface area contributed by atoms with E-state index in [1.807, 2.05) is 12.3 Å². The number of pyridine rings is 1. The van der Waals surface area contributed by atoms with Crippen molar-refractivity contribution in [2.75, 3.05) is 31.2 Å². The molecule has 1 fully saturated rings. The number of carboxylic acids is 2. The summed E-state index contributed by atoms with van der Waals surface area (Å²) in [6.45, 7) is 3.61. The highest BCUT2D eigenvalue weighted by molar-refractivity contribution is 6.27. The van der Waals surface area contributed by atoms with Crippen LogP contribution >= 0.6 is 0 Å². The van der Waals surface area contributed by atoms with Crippen LogP contribution in [0.4, 0.5) is 5.69 Å². The third-order valence-corrected chi connectivity index (χ3v) is 2.21. The van der Waals surface area contributed by atoms with E-state index < -0.39 is 11.9 Å². The van der Waals surface area contributed by atoms with Crippen molar-refractivity contribution in [1.82, 2.24) is 4.98 Å². The van der Waals surface area contributed by atoms with Crippen LogP contribution in [0, 0.1) is 0 Å². The molecule has 0 aliphatic carbocycles. The molecular formula is C11H14N2O5. The van der Waals surface area contributed by atoms with Gasteiger partial charge in [0.25, 0.3) is 0 Å². The highest BCUT2D eigenvalue weighted by atomic mass is 16.5. The first kappa shape index (κ1) is 13.9. The predicted octanol–water partition coefficient (Wildman–Crippen LogP) is 0.0738. The van der Waals surface area contributed by atoms with Crippen LogP contribution in [0.15, 0.2) is 24.5 Å². The molecule has 2 rings (SSSR count). The number of rotatable bonds is 1. The molecule has 2 N–H and O–H groups in total. The molecule has 0 aromatic carbocycles. The van der Waals surface area contributed by atoms with E-state index in [2.05, 4.69) is 16.0 Å². The number of carbonyl (C=O) groups is 2. The van der Waals surface area contributed by atoms with E-state index in [0.717, 1.165) is 26.3 Å². The molecule has 2 heterocycles. The van der Waals surface area contributed by atoms with Gasteiger partial charge < -0.3 is 19.8 Å². The fourth-order valence-electron chi connectivity index (χ4n) is 1.36. The second-order valence-corrected chi connectivity index (χ2v) is 3.42. The predicted molar refractivity (Wildman–Crippen MR) is 62.5 cm³/mol. The zero-order valence-corrected chi connectivity index (χ0v) is 9.65. The molecule has 0 amide bonds. The molecule has 0 bridgehead atoms. The molecule has 0 radical (unpaired) electrons. The third kappa shape index (κ3) is 4.79. The minimum Gasteiger partial charge on any atom is -0.473 e. The summed E-state index contributed by atoms with van der Waals surface area (Å²) < 4.78 is 5.26. The Balaban J connectivity index is 0.000000232. The molecule has 98 valence electrons. The standard InChI is InChI=1S/C9H12N2O.C2H2O4/c1-2-9(8-10-3-1)11-4-6-12-7-5-11;3-1(4)2(5)6/h1-3,8H,4-7H2;(H,3,4)(H,5,6). The number of ether oxygens (including phenoxy) is 1. The zero-order chi connectivity index (χ0) is 13.4. The van der Waals surface area contributed by atoms with Crippen LogP contribution in [0.25, 0.3) is 0 Å². The Morgan fingerprint density at radius 2 is 1.83 bits per heavy atom. The van der Waals surface area contributed by atoms with E-state index in [1.165, 1.54) is 5.69 Å². The van der Waals surface area contributed by atoms with E-state index in [1.54, 1.807) is 6.20 Å². The Hall–Kier alpha value is -2.15. The van der Waals surface area contributed by atoms with Gasteiger partial charge in [0.05, 0.1) is 25.1 Å². The van der Waals surface area contributed by atoms with Gasteiger partial charge in [-0.05, 0) is 12.1 Å². The number of aliphatic carboxylic acids is 2. The molecule has 7 heteroatoms. The zero-order valence-electron chi connectivity index (χ0n) is 9.65. The molecule has 1 saturated heterocycles. The summed E-state index contributed by atoms with van der Waals surface area (Å²) in [6.07, 6.45) is 3.69.